The molecule has 0 amide bonds. The Balaban J connectivity index is 2.33. The van der Waals surface area contributed by atoms with Crippen LogP contribution in [-0.4, -0.2) is 18.3 Å². The first-order valence-electron chi connectivity index (χ1n) is 6.15. The monoisotopic (exact) mass is 362 g/mol. The van der Waals surface area contributed by atoms with Crippen molar-refractivity contribution in [3.8, 4) is 11.5 Å². The van der Waals surface area contributed by atoms with Crippen LogP contribution in [-0.2, 0) is 0 Å². The van der Waals surface area contributed by atoms with Crippen molar-refractivity contribution in [3.63, 3.8) is 0 Å². The van der Waals surface area contributed by atoms with E-state index in [2.05, 4.69) is 20.7 Å². The van der Waals surface area contributed by atoms with Crippen molar-refractivity contribution >= 4 is 15.9 Å². The minimum absolute atomic E-state index is 0.0821. The molecule has 1 aromatic heterocycles. The number of hydrogen-bond donors (Lipinski definition) is 1. The van der Waals surface area contributed by atoms with Gasteiger partial charge in [0.25, 0.3) is 0 Å². The Hall–Kier alpha value is -1.60. The van der Waals surface area contributed by atoms with E-state index >= 15 is 0 Å². The molecule has 0 bridgehead atoms. The van der Waals surface area contributed by atoms with Gasteiger partial charge in [0, 0.05) is 0 Å². The van der Waals surface area contributed by atoms with Gasteiger partial charge >= 0.3 is 6.61 Å². The van der Waals surface area contributed by atoms with E-state index in [1.54, 1.807) is 13.0 Å². The zero-order valence-electron chi connectivity index (χ0n) is 11.1. The summed E-state index contributed by atoms with van der Waals surface area (Å²) in [5, 5.41) is 10.3. The topological polar surface area (TPSA) is 51.8 Å². The van der Waals surface area contributed by atoms with Gasteiger partial charge < -0.3 is 19.0 Å². The molecule has 0 radical (unpaired) electrons. The van der Waals surface area contributed by atoms with Crippen molar-refractivity contribution in [1.29, 1.82) is 0 Å². The van der Waals surface area contributed by atoms with Gasteiger partial charge in [-0.1, -0.05) is 6.07 Å². The third kappa shape index (κ3) is 3.74. The smallest absolute Gasteiger partial charge is 0.387 e. The normalized spacial score (nSPS) is 12.5. The number of furan rings is 1. The van der Waals surface area contributed by atoms with Crippen LogP contribution in [0.3, 0.4) is 0 Å². The van der Waals surface area contributed by atoms with Crippen molar-refractivity contribution in [2.24, 2.45) is 0 Å². The van der Waals surface area contributed by atoms with E-state index in [-0.39, 0.29) is 18.1 Å². The number of aliphatic hydroxyl groups is 1. The number of halogens is 3. The van der Waals surface area contributed by atoms with E-state index in [1.807, 2.05) is 0 Å². The fraction of sp³-hybridized carbons (Fsp3) is 0.286. The minimum Gasteiger partial charge on any atom is -0.490 e. The lowest BCUT2D eigenvalue weighted by Gasteiger charge is -2.15. The molecule has 7 heteroatoms. The fourth-order valence-electron chi connectivity index (χ4n) is 1.81. The number of alkyl halides is 2. The zero-order valence-corrected chi connectivity index (χ0v) is 12.6. The third-order valence-electron chi connectivity index (χ3n) is 2.69. The van der Waals surface area contributed by atoms with Crippen molar-refractivity contribution in [2.75, 3.05) is 6.61 Å². The molecule has 0 aliphatic carbocycles. The molecule has 4 nitrogen and oxygen atoms in total. The summed E-state index contributed by atoms with van der Waals surface area (Å²) in [6.45, 7) is -0.943. The number of rotatable bonds is 6. The summed E-state index contributed by atoms with van der Waals surface area (Å²) in [5.74, 6) is 0.373. The van der Waals surface area contributed by atoms with Crippen LogP contribution in [0.25, 0.3) is 0 Å². The summed E-state index contributed by atoms with van der Waals surface area (Å²) in [7, 11) is 0. The second kappa shape index (κ2) is 6.91. The van der Waals surface area contributed by atoms with E-state index in [0.29, 0.717) is 15.8 Å². The molecule has 0 spiro atoms. The Morgan fingerprint density at radius 1 is 1.29 bits per heavy atom. The molecule has 1 aromatic carbocycles. The molecule has 0 aliphatic rings. The first-order valence-corrected chi connectivity index (χ1v) is 6.94. The van der Waals surface area contributed by atoms with Gasteiger partial charge in [-0.25, -0.2) is 0 Å². The Morgan fingerprint density at radius 2 is 2.05 bits per heavy atom. The van der Waals surface area contributed by atoms with Gasteiger partial charge in [-0.3, -0.25) is 0 Å². The Kier molecular flexibility index (Phi) is 5.19. The van der Waals surface area contributed by atoms with Crippen molar-refractivity contribution in [1.82, 2.24) is 0 Å². The van der Waals surface area contributed by atoms with Gasteiger partial charge in [0.2, 0.25) is 0 Å². The van der Waals surface area contributed by atoms with Gasteiger partial charge in [0.05, 0.1) is 17.3 Å². The predicted molar refractivity (Wildman–Crippen MR) is 74.7 cm³/mol. The van der Waals surface area contributed by atoms with Gasteiger partial charge in [-0.2, -0.15) is 8.78 Å². The minimum atomic E-state index is -2.95. The molecule has 0 aliphatic heterocycles. The summed E-state index contributed by atoms with van der Waals surface area (Å²) >= 11 is 3.25. The maximum atomic E-state index is 12.3. The SMILES string of the molecule is CCOc1cc(C(O)c2occc2Br)ccc1OC(F)F. The van der Waals surface area contributed by atoms with Crippen LogP contribution in [0.4, 0.5) is 8.78 Å². The molecule has 21 heavy (non-hydrogen) atoms. The van der Waals surface area contributed by atoms with Crippen molar-refractivity contribution in [3.05, 3.63) is 46.3 Å². The summed E-state index contributed by atoms with van der Waals surface area (Å²) in [6.07, 6.45) is 0.384. The van der Waals surface area contributed by atoms with E-state index in [0.717, 1.165) is 0 Å². The van der Waals surface area contributed by atoms with Crippen LogP contribution < -0.4 is 9.47 Å². The molecule has 1 unspecified atom stereocenters. The summed E-state index contributed by atoms with van der Waals surface area (Å²) in [6, 6.07) is 5.89. The lowest BCUT2D eigenvalue weighted by Crippen LogP contribution is -2.06. The highest BCUT2D eigenvalue weighted by molar-refractivity contribution is 9.10. The van der Waals surface area contributed by atoms with Crippen LogP contribution in [0.2, 0.25) is 0 Å². The molecular formula is C14H13BrF2O4. The van der Waals surface area contributed by atoms with Crippen molar-refractivity contribution < 1.29 is 27.8 Å². The Morgan fingerprint density at radius 3 is 2.62 bits per heavy atom. The highest BCUT2D eigenvalue weighted by Crippen LogP contribution is 2.35. The molecule has 1 heterocycles. The molecule has 0 saturated heterocycles. The number of aliphatic hydroxyl groups excluding tert-OH is 1. The largest absolute Gasteiger partial charge is 0.490 e. The average Bonchev–Trinajstić information content (AvgIpc) is 2.86. The van der Waals surface area contributed by atoms with E-state index in [4.69, 9.17) is 9.15 Å². The maximum Gasteiger partial charge on any atom is 0.387 e. The van der Waals surface area contributed by atoms with Crippen molar-refractivity contribution in [2.45, 2.75) is 19.6 Å². The quantitative estimate of drug-likeness (QED) is 0.839. The first kappa shape index (κ1) is 15.8. The van der Waals surface area contributed by atoms with Gasteiger partial charge in [0.1, 0.15) is 6.10 Å². The number of hydrogen-bond acceptors (Lipinski definition) is 4. The second-order valence-electron chi connectivity index (χ2n) is 4.05. The fourth-order valence-corrected chi connectivity index (χ4v) is 2.23. The van der Waals surface area contributed by atoms with Crippen LogP contribution in [0.15, 0.2) is 39.4 Å². The highest BCUT2D eigenvalue weighted by Gasteiger charge is 2.20. The third-order valence-corrected chi connectivity index (χ3v) is 3.35. The Bertz CT molecular complexity index is 600. The van der Waals surface area contributed by atoms with Gasteiger partial charge in [-0.05, 0) is 46.6 Å². The van der Waals surface area contributed by atoms with Crippen LogP contribution in [0.1, 0.15) is 24.4 Å². The number of ether oxygens (including phenoxy) is 2. The summed E-state index contributed by atoms with van der Waals surface area (Å²) in [4.78, 5) is 0. The van der Waals surface area contributed by atoms with Crippen LogP contribution >= 0.6 is 15.9 Å². The molecule has 1 atom stereocenters. The molecule has 0 fully saturated rings. The van der Waals surface area contributed by atoms with Crippen LogP contribution in [0, 0.1) is 0 Å². The molecule has 2 aromatic rings. The average molecular weight is 363 g/mol. The summed E-state index contributed by atoms with van der Waals surface area (Å²) < 4.78 is 40.1. The molecule has 1 N–H and O–H groups in total. The molecule has 114 valence electrons. The van der Waals surface area contributed by atoms with Gasteiger partial charge in [0.15, 0.2) is 17.3 Å². The highest BCUT2D eigenvalue weighted by atomic mass is 79.9. The van der Waals surface area contributed by atoms with E-state index < -0.39 is 12.7 Å². The van der Waals surface area contributed by atoms with E-state index in [9.17, 15) is 13.9 Å². The standard InChI is InChI=1S/C14H13BrF2O4/c1-2-19-11-7-8(3-4-10(11)21-14(16)17)12(18)13-9(15)5-6-20-13/h3-7,12,14,18H,2H2,1H3. The molecular weight excluding hydrogens is 350 g/mol. The number of benzene rings is 1. The first-order chi connectivity index (χ1) is 10.0. The lowest BCUT2D eigenvalue weighted by molar-refractivity contribution is -0.0514. The van der Waals surface area contributed by atoms with E-state index in [1.165, 1.54) is 24.5 Å². The molecule has 2 rings (SSSR count). The molecule has 0 saturated carbocycles. The van der Waals surface area contributed by atoms with Crippen LogP contribution in [0.5, 0.6) is 11.5 Å². The summed E-state index contributed by atoms with van der Waals surface area (Å²) in [5.41, 5.74) is 0.440. The lowest BCUT2D eigenvalue weighted by atomic mass is 10.1. The maximum absolute atomic E-state index is 12.3. The predicted octanol–water partition coefficient (Wildman–Crippen LogP) is 4.12. The zero-order chi connectivity index (χ0) is 15.4. The second-order valence-corrected chi connectivity index (χ2v) is 4.91. The van der Waals surface area contributed by atoms with Gasteiger partial charge in [-0.15, -0.1) is 0 Å². The Labute approximate surface area is 128 Å².